The van der Waals surface area contributed by atoms with Gasteiger partial charge in [0.15, 0.2) is 0 Å². The van der Waals surface area contributed by atoms with Gasteiger partial charge in [-0.05, 0) is 40.8 Å². The molecule has 0 radical (unpaired) electrons. The quantitative estimate of drug-likeness (QED) is 0.297. The predicted molar refractivity (Wildman–Crippen MR) is 136 cm³/mol. The SMILES string of the molecule is COc1cccc(N2C(=O)C(=O)/C(=C(/O)c3cc(C(C)(C)C)ccc3OC)C2c2ccccc2)c1. The van der Waals surface area contributed by atoms with E-state index in [0.717, 1.165) is 5.56 Å². The lowest BCUT2D eigenvalue weighted by Gasteiger charge is -2.26. The molecule has 1 N–H and O–H groups in total. The van der Waals surface area contributed by atoms with Gasteiger partial charge in [-0.1, -0.05) is 63.2 Å². The van der Waals surface area contributed by atoms with Crippen molar-refractivity contribution in [3.05, 3.63) is 95.1 Å². The molecule has 4 rings (SSSR count). The van der Waals surface area contributed by atoms with E-state index in [9.17, 15) is 14.7 Å². The second-order valence-corrected chi connectivity index (χ2v) is 9.45. The van der Waals surface area contributed by atoms with E-state index in [1.54, 1.807) is 30.3 Å². The largest absolute Gasteiger partial charge is 0.507 e. The molecule has 1 fully saturated rings. The number of aliphatic hydroxyl groups excluding tert-OH is 1. The van der Waals surface area contributed by atoms with Crippen LogP contribution in [0.1, 0.15) is 43.5 Å². The molecule has 1 amide bonds. The summed E-state index contributed by atoms with van der Waals surface area (Å²) in [4.78, 5) is 28.2. The van der Waals surface area contributed by atoms with Gasteiger partial charge in [-0.15, -0.1) is 0 Å². The Morgan fingerprint density at radius 2 is 1.60 bits per heavy atom. The van der Waals surface area contributed by atoms with Crippen molar-refractivity contribution < 1.29 is 24.2 Å². The normalized spacial score (nSPS) is 17.5. The maximum absolute atomic E-state index is 13.4. The summed E-state index contributed by atoms with van der Waals surface area (Å²) in [6, 6.07) is 20.8. The van der Waals surface area contributed by atoms with E-state index in [4.69, 9.17) is 9.47 Å². The van der Waals surface area contributed by atoms with E-state index in [1.165, 1.54) is 19.1 Å². The summed E-state index contributed by atoms with van der Waals surface area (Å²) in [5, 5.41) is 11.6. The van der Waals surface area contributed by atoms with E-state index in [0.29, 0.717) is 28.3 Å². The van der Waals surface area contributed by atoms with Crippen molar-refractivity contribution in [2.24, 2.45) is 0 Å². The molecule has 0 bridgehead atoms. The van der Waals surface area contributed by atoms with Crippen LogP contribution in [-0.2, 0) is 15.0 Å². The van der Waals surface area contributed by atoms with Gasteiger partial charge in [0.25, 0.3) is 11.7 Å². The maximum atomic E-state index is 13.4. The fourth-order valence-corrected chi connectivity index (χ4v) is 4.31. The molecule has 0 saturated carbocycles. The lowest BCUT2D eigenvalue weighted by atomic mass is 9.85. The molecular weight excluding hydrogens is 442 g/mol. The van der Waals surface area contributed by atoms with E-state index in [2.05, 4.69) is 20.8 Å². The molecule has 0 spiro atoms. The molecule has 1 atom stereocenters. The average molecular weight is 472 g/mol. The highest BCUT2D eigenvalue weighted by molar-refractivity contribution is 6.51. The summed E-state index contributed by atoms with van der Waals surface area (Å²) in [6.07, 6.45) is 0. The number of Topliss-reactive ketones (excluding diaryl/α,β-unsaturated/α-hetero) is 1. The number of amides is 1. The minimum atomic E-state index is -0.827. The zero-order valence-electron chi connectivity index (χ0n) is 20.5. The lowest BCUT2D eigenvalue weighted by Crippen LogP contribution is -2.29. The van der Waals surface area contributed by atoms with Gasteiger partial charge in [-0.25, -0.2) is 0 Å². The van der Waals surface area contributed by atoms with Crippen LogP contribution in [0.2, 0.25) is 0 Å². The van der Waals surface area contributed by atoms with Gasteiger partial charge in [0, 0.05) is 11.8 Å². The van der Waals surface area contributed by atoms with Crippen LogP contribution in [0.25, 0.3) is 5.76 Å². The molecule has 35 heavy (non-hydrogen) atoms. The molecule has 1 heterocycles. The van der Waals surface area contributed by atoms with Crippen molar-refractivity contribution in [3.63, 3.8) is 0 Å². The summed E-state index contributed by atoms with van der Waals surface area (Å²) in [7, 11) is 3.04. The zero-order valence-corrected chi connectivity index (χ0v) is 20.5. The molecule has 1 unspecified atom stereocenters. The average Bonchev–Trinajstić information content (AvgIpc) is 3.13. The molecule has 1 aliphatic heterocycles. The molecule has 0 aliphatic carbocycles. The van der Waals surface area contributed by atoms with E-state index < -0.39 is 17.7 Å². The summed E-state index contributed by atoms with van der Waals surface area (Å²) >= 11 is 0. The minimum absolute atomic E-state index is 0.00776. The van der Waals surface area contributed by atoms with Gasteiger partial charge in [0.05, 0.1) is 31.4 Å². The molecule has 1 aliphatic rings. The molecule has 180 valence electrons. The molecule has 6 nitrogen and oxygen atoms in total. The third-order valence-corrected chi connectivity index (χ3v) is 6.21. The van der Waals surface area contributed by atoms with Crippen molar-refractivity contribution in [2.45, 2.75) is 32.2 Å². The van der Waals surface area contributed by atoms with E-state index in [1.807, 2.05) is 42.5 Å². The molecule has 6 heteroatoms. The van der Waals surface area contributed by atoms with Crippen LogP contribution in [0, 0.1) is 0 Å². The first-order valence-electron chi connectivity index (χ1n) is 11.4. The van der Waals surface area contributed by atoms with Crippen LogP contribution in [0.3, 0.4) is 0 Å². The second-order valence-electron chi connectivity index (χ2n) is 9.45. The molecule has 3 aromatic carbocycles. The van der Waals surface area contributed by atoms with Crippen LogP contribution in [0.5, 0.6) is 11.5 Å². The van der Waals surface area contributed by atoms with Gasteiger partial charge in [0.2, 0.25) is 0 Å². The number of ketones is 1. The first kappa shape index (κ1) is 24.1. The Balaban J connectivity index is 1.98. The first-order chi connectivity index (χ1) is 16.7. The second kappa shape index (κ2) is 9.29. The Hall–Kier alpha value is -4.06. The number of rotatable bonds is 5. The van der Waals surface area contributed by atoms with Crippen LogP contribution < -0.4 is 14.4 Å². The third-order valence-electron chi connectivity index (χ3n) is 6.21. The summed E-state index contributed by atoms with van der Waals surface area (Å²) < 4.78 is 10.9. The number of anilines is 1. The van der Waals surface area contributed by atoms with Crippen LogP contribution in [-0.4, -0.2) is 31.0 Å². The van der Waals surface area contributed by atoms with Crippen LogP contribution >= 0.6 is 0 Å². The Kier molecular flexibility index (Phi) is 6.39. The van der Waals surface area contributed by atoms with Crippen molar-refractivity contribution >= 4 is 23.1 Å². The first-order valence-corrected chi connectivity index (χ1v) is 11.4. The highest BCUT2D eigenvalue weighted by Crippen LogP contribution is 2.44. The standard InChI is InChI=1S/C29H29NO5/c1-29(2,3)19-14-15-23(35-5)22(16-19)26(31)24-25(18-10-7-6-8-11-18)30(28(33)27(24)32)20-12-9-13-21(17-20)34-4/h6-17,25,31H,1-5H3/b26-24+. The zero-order chi connectivity index (χ0) is 25.3. The molecule has 0 aromatic heterocycles. The summed E-state index contributed by atoms with van der Waals surface area (Å²) in [5.74, 6) is -0.793. The lowest BCUT2D eigenvalue weighted by molar-refractivity contribution is -0.132. The van der Waals surface area contributed by atoms with Gasteiger partial charge in [-0.2, -0.15) is 0 Å². The van der Waals surface area contributed by atoms with Gasteiger partial charge < -0.3 is 14.6 Å². The van der Waals surface area contributed by atoms with Crippen LogP contribution in [0.4, 0.5) is 5.69 Å². The number of nitrogens with zero attached hydrogens (tertiary/aromatic N) is 1. The Morgan fingerprint density at radius 1 is 0.886 bits per heavy atom. The van der Waals surface area contributed by atoms with Crippen molar-refractivity contribution in [1.29, 1.82) is 0 Å². The van der Waals surface area contributed by atoms with Crippen molar-refractivity contribution in [1.82, 2.24) is 0 Å². The molecule has 3 aromatic rings. The molecular formula is C29H29NO5. The monoisotopic (exact) mass is 471 g/mol. The topological polar surface area (TPSA) is 76.1 Å². The number of ether oxygens (including phenoxy) is 2. The summed E-state index contributed by atoms with van der Waals surface area (Å²) in [6.45, 7) is 6.18. The third kappa shape index (κ3) is 4.39. The van der Waals surface area contributed by atoms with Crippen LogP contribution in [0.15, 0.2) is 78.4 Å². The van der Waals surface area contributed by atoms with E-state index in [-0.39, 0.29) is 16.7 Å². The Bertz CT molecular complexity index is 1300. The highest BCUT2D eigenvalue weighted by Gasteiger charge is 2.47. The maximum Gasteiger partial charge on any atom is 0.300 e. The number of methoxy groups -OCH3 is 2. The van der Waals surface area contributed by atoms with Crippen molar-refractivity contribution in [3.8, 4) is 11.5 Å². The summed E-state index contributed by atoms with van der Waals surface area (Å²) in [5.41, 5.74) is 2.32. The smallest absolute Gasteiger partial charge is 0.300 e. The number of hydrogen-bond acceptors (Lipinski definition) is 5. The van der Waals surface area contributed by atoms with Gasteiger partial charge >= 0.3 is 0 Å². The van der Waals surface area contributed by atoms with Gasteiger partial charge in [-0.3, -0.25) is 14.5 Å². The highest BCUT2D eigenvalue weighted by atomic mass is 16.5. The van der Waals surface area contributed by atoms with Crippen molar-refractivity contribution in [2.75, 3.05) is 19.1 Å². The fraction of sp³-hybridized carbons (Fsp3) is 0.241. The Labute approximate surface area is 205 Å². The number of aliphatic hydroxyl groups is 1. The predicted octanol–water partition coefficient (Wildman–Crippen LogP) is 5.63. The number of carbonyl (C=O) groups is 2. The number of hydrogen-bond donors (Lipinski definition) is 1. The minimum Gasteiger partial charge on any atom is -0.507 e. The van der Waals surface area contributed by atoms with Gasteiger partial charge in [0.1, 0.15) is 17.3 Å². The van der Waals surface area contributed by atoms with E-state index >= 15 is 0 Å². The number of carbonyl (C=O) groups excluding carboxylic acids is 2. The molecule has 1 saturated heterocycles. The number of benzene rings is 3. The Morgan fingerprint density at radius 3 is 2.23 bits per heavy atom. The fourth-order valence-electron chi connectivity index (χ4n) is 4.31.